The Hall–Kier alpha value is -1.85. The van der Waals surface area contributed by atoms with Gasteiger partial charge in [-0.3, -0.25) is 0 Å². The van der Waals surface area contributed by atoms with Crippen molar-refractivity contribution in [1.82, 2.24) is 0 Å². The first-order chi connectivity index (χ1) is 8.94. The van der Waals surface area contributed by atoms with E-state index in [0.717, 1.165) is 0 Å². The van der Waals surface area contributed by atoms with Crippen molar-refractivity contribution in [3.63, 3.8) is 0 Å². The van der Waals surface area contributed by atoms with E-state index in [2.05, 4.69) is 0 Å². The van der Waals surface area contributed by atoms with Crippen molar-refractivity contribution >= 4 is 17.9 Å². The molecule has 0 spiro atoms. The molecule has 6 nitrogen and oxygen atoms in total. The summed E-state index contributed by atoms with van der Waals surface area (Å²) in [6.07, 6.45) is 0.201. The Bertz CT molecular complexity index is 436. The number of hydrogen-bond donors (Lipinski definition) is 0. The van der Waals surface area contributed by atoms with Crippen LogP contribution >= 0.6 is 0 Å². The van der Waals surface area contributed by atoms with Gasteiger partial charge in [0.2, 0.25) is 5.60 Å². The average Bonchev–Trinajstić information content (AvgIpc) is 2.62. The lowest BCUT2D eigenvalue weighted by Crippen LogP contribution is -2.41. The highest BCUT2D eigenvalue weighted by molar-refractivity contribution is 6.18. The third-order valence-corrected chi connectivity index (χ3v) is 3.03. The van der Waals surface area contributed by atoms with E-state index < -0.39 is 23.5 Å². The Kier molecular flexibility index (Phi) is 4.69. The van der Waals surface area contributed by atoms with Crippen molar-refractivity contribution in [1.29, 1.82) is 0 Å². The maximum atomic E-state index is 12.0. The van der Waals surface area contributed by atoms with Gasteiger partial charge in [0.25, 0.3) is 0 Å². The molecule has 0 aliphatic carbocycles. The van der Waals surface area contributed by atoms with Crippen molar-refractivity contribution in [3.05, 3.63) is 11.1 Å². The van der Waals surface area contributed by atoms with Gasteiger partial charge >= 0.3 is 17.9 Å². The van der Waals surface area contributed by atoms with Crippen LogP contribution in [0.2, 0.25) is 0 Å². The number of hydrogen-bond acceptors (Lipinski definition) is 6. The predicted molar refractivity (Wildman–Crippen MR) is 65.1 cm³/mol. The number of ether oxygens (including phenoxy) is 3. The van der Waals surface area contributed by atoms with E-state index >= 15 is 0 Å². The van der Waals surface area contributed by atoms with Crippen LogP contribution in [0.15, 0.2) is 11.1 Å². The lowest BCUT2D eigenvalue weighted by Gasteiger charge is -2.25. The number of cyclic esters (lactones) is 1. The van der Waals surface area contributed by atoms with Gasteiger partial charge in [0.05, 0.1) is 13.2 Å². The van der Waals surface area contributed by atoms with Crippen LogP contribution in [0, 0.1) is 0 Å². The van der Waals surface area contributed by atoms with E-state index in [1.165, 1.54) is 6.92 Å². The molecule has 0 aromatic carbocycles. The first-order valence-corrected chi connectivity index (χ1v) is 6.23. The molecule has 0 aromatic rings. The minimum absolute atomic E-state index is 0.140. The van der Waals surface area contributed by atoms with E-state index in [4.69, 9.17) is 14.2 Å². The summed E-state index contributed by atoms with van der Waals surface area (Å²) in [6.45, 7) is 6.79. The standard InChI is InChI=1S/C13H18O6/c1-5-13(12(16)18-7-3)8(4)9(11(15)19-13)10(14)17-6-2/h5-7H2,1-4H3. The summed E-state index contributed by atoms with van der Waals surface area (Å²) in [6, 6.07) is 0. The molecule has 0 N–H and O–H groups in total. The maximum Gasteiger partial charge on any atom is 0.355 e. The SMILES string of the molecule is CCOC(=O)C1=C(C)C(CC)(C(=O)OCC)OC1=O. The molecular formula is C13H18O6. The van der Waals surface area contributed by atoms with Gasteiger partial charge in [0, 0.05) is 5.57 Å². The van der Waals surface area contributed by atoms with E-state index in [0.29, 0.717) is 0 Å². The van der Waals surface area contributed by atoms with Crippen molar-refractivity contribution in [2.24, 2.45) is 0 Å². The lowest BCUT2D eigenvalue weighted by molar-refractivity contribution is -0.173. The lowest BCUT2D eigenvalue weighted by atomic mass is 9.90. The smallest absolute Gasteiger partial charge is 0.355 e. The normalized spacial score (nSPS) is 22.2. The number of carbonyl (C=O) groups excluding carboxylic acids is 3. The van der Waals surface area contributed by atoms with Crippen molar-refractivity contribution in [2.75, 3.05) is 13.2 Å². The van der Waals surface area contributed by atoms with Crippen LogP contribution in [0.25, 0.3) is 0 Å². The second-order valence-electron chi connectivity index (χ2n) is 4.01. The fourth-order valence-electron chi connectivity index (χ4n) is 2.00. The molecular weight excluding hydrogens is 252 g/mol. The molecule has 0 radical (unpaired) electrons. The van der Waals surface area contributed by atoms with Gasteiger partial charge < -0.3 is 14.2 Å². The van der Waals surface area contributed by atoms with Crippen LogP contribution in [0.5, 0.6) is 0 Å². The Morgan fingerprint density at radius 3 is 2.21 bits per heavy atom. The summed E-state index contributed by atoms with van der Waals surface area (Å²) in [5.41, 5.74) is -1.47. The molecule has 1 atom stereocenters. The predicted octanol–water partition coefficient (Wildman–Crippen LogP) is 1.13. The zero-order valence-corrected chi connectivity index (χ0v) is 11.6. The summed E-state index contributed by atoms with van der Waals surface area (Å²) >= 11 is 0. The number of rotatable bonds is 5. The van der Waals surface area contributed by atoms with Crippen LogP contribution in [0.3, 0.4) is 0 Å². The first kappa shape index (κ1) is 15.2. The molecule has 0 bridgehead atoms. The van der Waals surface area contributed by atoms with E-state index in [-0.39, 0.29) is 30.8 Å². The molecule has 1 heterocycles. The first-order valence-electron chi connectivity index (χ1n) is 6.23. The second kappa shape index (κ2) is 5.86. The van der Waals surface area contributed by atoms with Crippen LogP contribution in [0.1, 0.15) is 34.1 Å². The van der Waals surface area contributed by atoms with Crippen LogP contribution in [0.4, 0.5) is 0 Å². The van der Waals surface area contributed by atoms with Gasteiger partial charge in [-0.1, -0.05) is 6.92 Å². The van der Waals surface area contributed by atoms with E-state index in [1.54, 1.807) is 20.8 Å². The molecule has 106 valence electrons. The molecule has 0 saturated carbocycles. The Morgan fingerprint density at radius 1 is 1.16 bits per heavy atom. The largest absolute Gasteiger partial charge is 0.463 e. The molecule has 0 aromatic heterocycles. The summed E-state index contributed by atoms with van der Waals surface area (Å²) < 4.78 is 14.8. The minimum atomic E-state index is -1.50. The fraction of sp³-hybridized carbons (Fsp3) is 0.615. The summed E-state index contributed by atoms with van der Waals surface area (Å²) in [5, 5.41) is 0. The molecule has 1 aliphatic heterocycles. The molecule has 0 saturated heterocycles. The molecule has 19 heavy (non-hydrogen) atoms. The van der Waals surface area contributed by atoms with Crippen molar-refractivity contribution in [2.45, 2.75) is 39.7 Å². The van der Waals surface area contributed by atoms with E-state index in [9.17, 15) is 14.4 Å². The number of carbonyl (C=O) groups is 3. The summed E-state index contributed by atoms with van der Waals surface area (Å²) in [5.74, 6) is -2.28. The summed E-state index contributed by atoms with van der Waals surface area (Å²) in [7, 11) is 0. The van der Waals surface area contributed by atoms with Gasteiger partial charge in [-0.15, -0.1) is 0 Å². The molecule has 0 amide bonds. The molecule has 0 fully saturated rings. The molecule has 1 unspecified atom stereocenters. The Labute approximate surface area is 111 Å². The minimum Gasteiger partial charge on any atom is -0.463 e. The second-order valence-corrected chi connectivity index (χ2v) is 4.01. The molecule has 6 heteroatoms. The van der Waals surface area contributed by atoms with E-state index in [1.807, 2.05) is 0 Å². The van der Waals surface area contributed by atoms with Crippen LogP contribution in [-0.2, 0) is 28.6 Å². The number of esters is 3. The Balaban J connectivity index is 3.21. The van der Waals surface area contributed by atoms with Crippen molar-refractivity contribution in [3.8, 4) is 0 Å². The van der Waals surface area contributed by atoms with Gasteiger partial charge in [-0.2, -0.15) is 0 Å². The average molecular weight is 270 g/mol. The highest BCUT2D eigenvalue weighted by atomic mass is 16.6. The highest BCUT2D eigenvalue weighted by Crippen LogP contribution is 2.37. The van der Waals surface area contributed by atoms with Gasteiger partial charge in [0.1, 0.15) is 5.57 Å². The quantitative estimate of drug-likeness (QED) is 0.423. The van der Waals surface area contributed by atoms with Gasteiger partial charge in [-0.05, 0) is 27.2 Å². The van der Waals surface area contributed by atoms with Crippen LogP contribution < -0.4 is 0 Å². The monoisotopic (exact) mass is 270 g/mol. The Morgan fingerprint density at radius 2 is 1.74 bits per heavy atom. The van der Waals surface area contributed by atoms with Crippen LogP contribution in [-0.4, -0.2) is 36.7 Å². The highest BCUT2D eigenvalue weighted by Gasteiger charge is 2.53. The topological polar surface area (TPSA) is 78.9 Å². The third kappa shape index (κ3) is 2.47. The zero-order chi connectivity index (χ0) is 14.6. The fourth-order valence-corrected chi connectivity index (χ4v) is 2.00. The summed E-state index contributed by atoms with van der Waals surface area (Å²) in [4.78, 5) is 35.5. The molecule has 1 rings (SSSR count). The van der Waals surface area contributed by atoms with Gasteiger partial charge in [-0.25, -0.2) is 14.4 Å². The zero-order valence-electron chi connectivity index (χ0n) is 11.6. The third-order valence-electron chi connectivity index (χ3n) is 3.03. The van der Waals surface area contributed by atoms with Gasteiger partial charge in [0.15, 0.2) is 0 Å². The molecule has 1 aliphatic rings. The van der Waals surface area contributed by atoms with Crippen molar-refractivity contribution < 1.29 is 28.6 Å². The maximum absolute atomic E-state index is 12.0.